The maximum atomic E-state index is 12.8. The Morgan fingerprint density at radius 1 is 1.03 bits per heavy atom. The van der Waals surface area contributed by atoms with Gasteiger partial charge in [-0.2, -0.15) is 5.10 Å². The molecule has 0 radical (unpaired) electrons. The average molecular weight is 402 g/mol. The lowest BCUT2D eigenvalue weighted by atomic mass is 9.80. The second-order valence-electron chi connectivity index (χ2n) is 8.78. The van der Waals surface area contributed by atoms with E-state index in [4.69, 9.17) is 4.98 Å². The van der Waals surface area contributed by atoms with Crippen LogP contribution in [0.4, 0.5) is 0 Å². The lowest BCUT2D eigenvalue weighted by Crippen LogP contribution is -2.20. The first-order chi connectivity index (χ1) is 13.9. The molecule has 29 heavy (non-hydrogen) atoms. The van der Waals surface area contributed by atoms with E-state index in [0.29, 0.717) is 6.42 Å². The fourth-order valence-electron chi connectivity index (χ4n) is 4.05. The number of carbonyl (C=O) groups is 1. The summed E-state index contributed by atoms with van der Waals surface area (Å²) in [6.07, 6.45) is 3.04. The van der Waals surface area contributed by atoms with Crippen molar-refractivity contribution in [2.24, 2.45) is 0 Å². The van der Waals surface area contributed by atoms with E-state index in [1.807, 2.05) is 22.9 Å². The van der Waals surface area contributed by atoms with Crippen molar-refractivity contribution < 1.29 is 4.79 Å². The standard InChI is InChI=1S/C24H23N3OS/c1-24(2,3)17-10-8-15(9-11-17)16-12-20-18(21(28)13-16)14-25-27(20)23-26-19-6-4-5-7-22(19)29-23/h4-11,14,16H,12-13H2,1-3H3/t16-/m1/s1. The van der Waals surface area contributed by atoms with E-state index in [9.17, 15) is 4.79 Å². The first-order valence-corrected chi connectivity index (χ1v) is 10.8. The SMILES string of the molecule is CC(C)(C)c1ccc([C@H]2CC(=O)c3cnn(-c4nc5ccccc5s4)c3C2)cc1. The Hall–Kier alpha value is -2.79. The van der Waals surface area contributed by atoms with Crippen molar-refractivity contribution >= 4 is 27.3 Å². The third kappa shape index (κ3) is 3.19. The van der Waals surface area contributed by atoms with Gasteiger partial charge in [0.1, 0.15) is 0 Å². The van der Waals surface area contributed by atoms with Gasteiger partial charge >= 0.3 is 0 Å². The Morgan fingerprint density at radius 2 is 1.79 bits per heavy atom. The largest absolute Gasteiger partial charge is 0.294 e. The number of hydrogen-bond donors (Lipinski definition) is 0. The molecule has 4 nitrogen and oxygen atoms in total. The van der Waals surface area contributed by atoms with E-state index in [1.54, 1.807) is 17.5 Å². The molecule has 0 fully saturated rings. The Bertz CT molecular complexity index is 1180. The van der Waals surface area contributed by atoms with Gasteiger partial charge in [0.15, 0.2) is 5.78 Å². The first kappa shape index (κ1) is 18.3. The highest BCUT2D eigenvalue weighted by molar-refractivity contribution is 7.20. The molecule has 4 aromatic rings. The van der Waals surface area contributed by atoms with E-state index in [0.717, 1.165) is 33.0 Å². The number of nitrogens with zero attached hydrogens (tertiary/aromatic N) is 3. The highest BCUT2D eigenvalue weighted by Gasteiger charge is 2.31. The molecule has 0 aliphatic heterocycles. The monoisotopic (exact) mass is 401 g/mol. The molecule has 2 aromatic carbocycles. The van der Waals surface area contributed by atoms with E-state index >= 15 is 0 Å². The fourth-order valence-corrected chi connectivity index (χ4v) is 5.00. The summed E-state index contributed by atoms with van der Waals surface area (Å²) in [5.74, 6) is 0.345. The highest BCUT2D eigenvalue weighted by atomic mass is 32.1. The van der Waals surface area contributed by atoms with Gasteiger partial charge in [0, 0.05) is 6.42 Å². The second kappa shape index (κ2) is 6.63. The van der Waals surface area contributed by atoms with Gasteiger partial charge in [0.2, 0.25) is 5.13 Å². The van der Waals surface area contributed by atoms with E-state index in [1.165, 1.54) is 11.1 Å². The van der Waals surface area contributed by atoms with Crippen LogP contribution < -0.4 is 0 Å². The lowest BCUT2D eigenvalue weighted by Gasteiger charge is -2.24. The summed E-state index contributed by atoms with van der Waals surface area (Å²) in [5.41, 5.74) is 5.34. The number of thiazole rings is 1. The summed E-state index contributed by atoms with van der Waals surface area (Å²) in [6.45, 7) is 6.65. The number of benzene rings is 2. The molecule has 1 aliphatic rings. The zero-order valence-corrected chi connectivity index (χ0v) is 17.7. The van der Waals surface area contributed by atoms with Gasteiger partial charge < -0.3 is 0 Å². The van der Waals surface area contributed by atoms with Gasteiger partial charge in [-0.05, 0) is 41.0 Å². The summed E-state index contributed by atoms with van der Waals surface area (Å²) in [5, 5.41) is 5.36. The van der Waals surface area contributed by atoms with Crippen LogP contribution in [0, 0.1) is 0 Å². The molecule has 1 aliphatic carbocycles. The van der Waals surface area contributed by atoms with Crippen molar-refractivity contribution in [1.29, 1.82) is 0 Å². The quantitative estimate of drug-likeness (QED) is 0.433. The topological polar surface area (TPSA) is 47.8 Å². The molecule has 5 rings (SSSR count). The van der Waals surface area contributed by atoms with Crippen LogP contribution in [0.25, 0.3) is 15.3 Å². The first-order valence-electron chi connectivity index (χ1n) is 9.96. The number of aromatic nitrogens is 3. The molecule has 0 bridgehead atoms. The van der Waals surface area contributed by atoms with Crippen LogP contribution in [0.5, 0.6) is 0 Å². The van der Waals surface area contributed by atoms with Gasteiger partial charge in [-0.1, -0.05) is 68.5 Å². The second-order valence-corrected chi connectivity index (χ2v) is 9.79. The molecule has 0 unspecified atom stereocenters. The van der Waals surface area contributed by atoms with Crippen molar-refractivity contribution in [3.8, 4) is 5.13 Å². The van der Waals surface area contributed by atoms with Crippen molar-refractivity contribution in [1.82, 2.24) is 14.8 Å². The van der Waals surface area contributed by atoms with Gasteiger partial charge in [0.25, 0.3) is 0 Å². The van der Waals surface area contributed by atoms with Crippen LogP contribution in [0.3, 0.4) is 0 Å². The summed E-state index contributed by atoms with van der Waals surface area (Å²) >= 11 is 1.61. The molecule has 0 saturated heterocycles. The molecule has 0 amide bonds. The van der Waals surface area contributed by atoms with Gasteiger partial charge in [-0.25, -0.2) is 9.67 Å². The Kier molecular flexibility index (Phi) is 4.17. The minimum absolute atomic E-state index is 0.125. The molecule has 1 atom stereocenters. The summed E-state index contributed by atoms with van der Waals surface area (Å²) in [4.78, 5) is 17.6. The maximum Gasteiger partial charge on any atom is 0.211 e. The van der Waals surface area contributed by atoms with Crippen molar-refractivity contribution in [3.63, 3.8) is 0 Å². The van der Waals surface area contributed by atoms with Crippen molar-refractivity contribution in [3.05, 3.63) is 77.1 Å². The lowest BCUT2D eigenvalue weighted by molar-refractivity contribution is 0.0963. The smallest absolute Gasteiger partial charge is 0.211 e. The summed E-state index contributed by atoms with van der Waals surface area (Å²) in [7, 11) is 0. The molecule has 5 heteroatoms. The molecule has 146 valence electrons. The van der Waals surface area contributed by atoms with Crippen LogP contribution in [0.15, 0.2) is 54.7 Å². The molecule has 0 spiro atoms. The van der Waals surface area contributed by atoms with E-state index < -0.39 is 0 Å². The number of para-hydroxylation sites is 1. The molecule has 2 aromatic heterocycles. The number of carbonyl (C=O) groups excluding carboxylic acids is 1. The van der Waals surface area contributed by atoms with E-state index in [-0.39, 0.29) is 17.1 Å². The van der Waals surface area contributed by atoms with Crippen LogP contribution in [-0.4, -0.2) is 20.5 Å². The normalized spacial score (nSPS) is 16.9. The molecule has 2 heterocycles. The Balaban J connectivity index is 1.51. The van der Waals surface area contributed by atoms with Gasteiger partial charge in [-0.3, -0.25) is 4.79 Å². The third-order valence-corrected chi connectivity index (χ3v) is 6.76. The Morgan fingerprint density at radius 3 is 2.52 bits per heavy atom. The zero-order valence-electron chi connectivity index (χ0n) is 16.8. The highest BCUT2D eigenvalue weighted by Crippen LogP contribution is 2.36. The van der Waals surface area contributed by atoms with Crippen LogP contribution in [-0.2, 0) is 11.8 Å². The van der Waals surface area contributed by atoms with Gasteiger partial charge in [-0.15, -0.1) is 0 Å². The molecule has 0 N–H and O–H groups in total. The summed E-state index contributed by atoms with van der Waals surface area (Å²) in [6, 6.07) is 16.8. The van der Waals surface area contributed by atoms with Crippen LogP contribution in [0.1, 0.15) is 60.3 Å². The average Bonchev–Trinajstić information content (AvgIpc) is 3.31. The number of Topliss-reactive ketones (excluding diaryl/α,β-unsaturated/α-hetero) is 1. The third-order valence-electron chi connectivity index (χ3n) is 5.75. The van der Waals surface area contributed by atoms with E-state index in [2.05, 4.69) is 56.2 Å². The van der Waals surface area contributed by atoms with Crippen molar-refractivity contribution in [2.45, 2.75) is 44.9 Å². The molecular formula is C24H23N3OS. The van der Waals surface area contributed by atoms with Crippen LogP contribution in [0.2, 0.25) is 0 Å². The minimum Gasteiger partial charge on any atom is -0.294 e. The molecular weight excluding hydrogens is 378 g/mol. The number of fused-ring (bicyclic) bond motifs is 2. The van der Waals surface area contributed by atoms with Crippen LogP contribution >= 0.6 is 11.3 Å². The Labute approximate surface area is 174 Å². The minimum atomic E-state index is 0.125. The predicted molar refractivity (Wildman–Crippen MR) is 117 cm³/mol. The zero-order chi connectivity index (χ0) is 20.2. The number of rotatable bonds is 2. The molecule has 0 saturated carbocycles. The van der Waals surface area contributed by atoms with Gasteiger partial charge in [0.05, 0.1) is 27.7 Å². The summed E-state index contributed by atoms with van der Waals surface area (Å²) < 4.78 is 3.00. The predicted octanol–water partition coefficient (Wildman–Crippen LogP) is 5.69. The fraction of sp³-hybridized carbons (Fsp3) is 0.292. The maximum absolute atomic E-state index is 12.8. The van der Waals surface area contributed by atoms with Crippen molar-refractivity contribution in [2.75, 3.05) is 0 Å². The number of hydrogen-bond acceptors (Lipinski definition) is 4. The number of ketones is 1.